The zero-order valence-corrected chi connectivity index (χ0v) is 9.43. The number of hydrogen-bond donors (Lipinski definition) is 0. The van der Waals surface area contributed by atoms with E-state index in [1.54, 1.807) is 25.4 Å². The number of carbonyl (C=O) groups is 1. The number of aromatic nitrogens is 1. The number of aldehydes is 1. The minimum atomic E-state index is 0.347. The molecule has 4 nitrogen and oxygen atoms in total. The van der Waals surface area contributed by atoms with E-state index in [0.29, 0.717) is 11.7 Å². The first kappa shape index (κ1) is 11.1. The van der Waals surface area contributed by atoms with Crippen molar-refractivity contribution in [2.45, 2.75) is 18.9 Å². The van der Waals surface area contributed by atoms with Crippen molar-refractivity contribution in [3.8, 4) is 0 Å². The van der Waals surface area contributed by atoms with Crippen molar-refractivity contribution in [1.82, 2.24) is 4.98 Å². The highest BCUT2D eigenvalue weighted by Gasteiger charge is 2.21. The van der Waals surface area contributed by atoms with Gasteiger partial charge in [-0.1, -0.05) is 0 Å². The fourth-order valence-corrected chi connectivity index (χ4v) is 2.07. The lowest BCUT2D eigenvalue weighted by Crippen LogP contribution is -2.37. The van der Waals surface area contributed by atoms with Gasteiger partial charge in [0.1, 0.15) is 5.82 Å². The second-order valence-corrected chi connectivity index (χ2v) is 3.96. The Morgan fingerprint density at radius 2 is 2.25 bits per heavy atom. The van der Waals surface area contributed by atoms with Crippen LogP contribution in [0.3, 0.4) is 0 Å². The molecular weight excluding hydrogens is 204 g/mol. The Bertz CT molecular complexity index is 360. The van der Waals surface area contributed by atoms with E-state index in [1.165, 1.54) is 0 Å². The summed E-state index contributed by atoms with van der Waals surface area (Å²) in [4.78, 5) is 17.3. The van der Waals surface area contributed by atoms with Crippen molar-refractivity contribution in [3.63, 3.8) is 0 Å². The van der Waals surface area contributed by atoms with E-state index in [2.05, 4.69) is 9.88 Å². The number of methoxy groups -OCH3 is 1. The van der Waals surface area contributed by atoms with Crippen LogP contribution in [0.2, 0.25) is 0 Å². The van der Waals surface area contributed by atoms with Crippen LogP contribution < -0.4 is 4.90 Å². The van der Waals surface area contributed by atoms with Gasteiger partial charge in [0.2, 0.25) is 0 Å². The van der Waals surface area contributed by atoms with Gasteiger partial charge in [0.15, 0.2) is 6.29 Å². The fraction of sp³-hybridized carbons (Fsp3) is 0.500. The van der Waals surface area contributed by atoms with Gasteiger partial charge in [0.25, 0.3) is 0 Å². The average Bonchev–Trinajstić information content (AvgIpc) is 2.39. The van der Waals surface area contributed by atoms with Gasteiger partial charge in [-0.05, 0) is 25.0 Å². The first-order valence-electron chi connectivity index (χ1n) is 5.53. The van der Waals surface area contributed by atoms with Crippen LogP contribution in [-0.4, -0.2) is 37.6 Å². The minimum Gasteiger partial charge on any atom is -0.381 e. The molecule has 0 atom stereocenters. The lowest BCUT2D eigenvalue weighted by Gasteiger charge is -2.32. The molecule has 0 saturated carbocycles. The van der Waals surface area contributed by atoms with Crippen LogP contribution in [0.4, 0.5) is 5.82 Å². The molecule has 0 amide bonds. The summed E-state index contributed by atoms with van der Waals surface area (Å²) in [6.45, 7) is 1.80. The summed E-state index contributed by atoms with van der Waals surface area (Å²) < 4.78 is 5.32. The Hall–Kier alpha value is -1.42. The summed E-state index contributed by atoms with van der Waals surface area (Å²) >= 11 is 0. The molecule has 1 fully saturated rings. The van der Waals surface area contributed by atoms with Crippen molar-refractivity contribution in [2.24, 2.45) is 0 Å². The number of hydrogen-bond acceptors (Lipinski definition) is 4. The molecule has 0 radical (unpaired) electrons. The number of ether oxygens (including phenoxy) is 1. The average molecular weight is 220 g/mol. The predicted octanol–water partition coefficient (Wildman–Crippen LogP) is 1.51. The molecule has 4 heteroatoms. The third-order valence-corrected chi connectivity index (χ3v) is 3.02. The third kappa shape index (κ3) is 2.22. The maximum atomic E-state index is 10.9. The van der Waals surface area contributed by atoms with Gasteiger partial charge in [0, 0.05) is 26.4 Å². The van der Waals surface area contributed by atoms with Gasteiger partial charge >= 0.3 is 0 Å². The van der Waals surface area contributed by atoms with Crippen molar-refractivity contribution in [3.05, 3.63) is 23.9 Å². The Labute approximate surface area is 95.2 Å². The monoisotopic (exact) mass is 220 g/mol. The molecule has 2 rings (SSSR count). The van der Waals surface area contributed by atoms with E-state index >= 15 is 0 Å². The zero-order chi connectivity index (χ0) is 11.4. The molecule has 2 heterocycles. The van der Waals surface area contributed by atoms with Gasteiger partial charge in [0.05, 0.1) is 11.7 Å². The SMILES string of the molecule is COC1CCN(c2ncccc2C=O)CC1. The molecule has 0 aliphatic carbocycles. The first-order valence-corrected chi connectivity index (χ1v) is 5.53. The van der Waals surface area contributed by atoms with Crippen LogP contribution >= 0.6 is 0 Å². The molecule has 0 N–H and O–H groups in total. The summed E-state index contributed by atoms with van der Waals surface area (Å²) in [7, 11) is 1.75. The topological polar surface area (TPSA) is 42.4 Å². The summed E-state index contributed by atoms with van der Waals surface area (Å²) in [5.74, 6) is 0.798. The van der Waals surface area contributed by atoms with Crippen LogP contribution in [0, 0.1) is 0 Å². The van der Waals surface area contributed by atoms with E-state index in [0.717, 1.165) is 38.0 Å². The predicted molar refractivity (Wildman–Crippen MR) is 61.9 cm³/mol. The highest BCUT2D eigenvalue weighted by Crippen LogP contribution is 2.21. The normalized spacial score (nSPS) is 17.4. The van der Waals surface area contributed by atoms with Gasteiger partial charge < -0.3 is 9.64 Å². The molecule has 86 valence electrons. The van der Waals surface area contributed by atoms with E-state index in [9.17, 15) is 4.79 Å². The molecular formula is C12H16N2O2. The Morgan fingerprint density at radius 1 is 1.50 bits per heavy atom. The Morgan fingerprint density at radius 3 is 2.88 bits per heavy atom. The molecule has 0 aromatic carbocycles. The van der Waals surface area contributed by atoms with Crippen molar-refractivity contribution >= 4 is 12.1 Å². The fourth-order valence-electron chi connectivity index (χ4n) is 2.07. The van der Waals surface area contributed by atoms with E-state index in [4.69, 9.17) is 4.74 Å². The number of nitrogens with zero attached hydrogens (tertiary/aromatic N) is 2. The summed E-state index contributed by atoms with van der Waals surface area (Å²) in [5, 5.41) is 0. The standard InChI is InChI=1S/C12H16N2O2/c1-16-11-4-7-14(8-5-11)12-10(9-15)3-2-6-13-12/h2-3,6,9,11H,4-5,7-8H2,1H3. The second-order valence-electron chi connectivity index (χ2n) is 3.96. The molecule has 1 aromatic rings. The molecule has 0 bridgehead atoms. The lowest BCUT2D eigenvalue weighted by molar-refractivity contribution is 0.0817. The third-order valence-electron chi connectivity index (χ3n) is 3.02. The Kier molecular flexibility index (Phi) is 3.51. The largest absolute Gasteiger partial charge is 0.381 e. The number of carbonyl (C=O) groups excluding carboxylic acids is 1. The number of rotatable bonds is 3. The van der Waals surface area contributed by atoms with E-state index < -0.39 is 0 Å². The first-order chi connectivity index (χ1) is 7.85. The van der Waals surface area contributed by atoms with E-state index in [-0.39, 0.29) is 0 Å². The second kappa shape index (κ2) is 5.07. The number of anilines is 1. The Balaban J connectivity index is 2.10. The summed E-state index contributed by atoms with van der Waals surface area (Å²) in [5.41, 5.74) is 0.665. The van der Waals surface area contributed by atoms with Gasteiger partial charge in [-0.2, -0.15) is 0 Å². The van der Waals surface area contributed by atoms with Gasteiger partial charge in [-0.15, -0.1) is 0 Å². The highest BCUT2D eigenvalue weighted by atomic mass is 16.5. The highest BCUT2D eigenvalue weighted by molar-refractivity contribution is 5.82. The zero-order valence-electron chi connectivity index (χ0n) is 9.43. The maximum Gasteiger partial charge on any atom is 0.153 e. The van der Waals surface area contributed by atoms with Crippen molar-refractivity contribution < 1.29 is 9.53 Å². The van der Waals surface area contributed by atoms with Crippen LogP contribution in [0.25, 0.3) is 0 Å². The summed E-state index contributed by atoms with van der Waals surface area (Å²) in [6.07, 6.45) is 4.92. The van der Waals surface area contributed by atoms with Crippen LogP contribution in [-0.2, 0) is 4.74 Å². The molecule has 16 heavy (non-hydrogen) atoms. The number of piperidine rings is 1. The van der Waals surface area contributed by atoms with Crippen LogP contribution in [0.5, 0.6) is 0 Å². The maximum absolute atomic E-state index is 10.9. The van der Waals surface area contributed by atoms with Gasteiger partial charge in [-0.3, -0.25) is 4.79 Å². The van der Waals surface area contributed by atoms with Crippen LogP contribution in [0.1, 0.15) is 23.2 Å². The van der Waals surface area contributed by atoms with Crippen LogP contribution in [0.15, 0.2) is 18.3 Å². The van der Waals surface area contributed by atoms with Crippen molar-refractivity contribution in [2.75, 3.05) is 25.1 Å². The molecule has 0 unspecified atom stereocenters. The molecule has 1 aromatic heterocycles. The smallest absolute Gasteiger partial charge is 0.153 e. The molecule has 0 spiro atoms. The quantitative estimate of drug-likeness (QED) is 0.724. The minimum absolute atomic E-state index is 0.347. The van der Waals surface area contributed by atoms with E-state index in [1.807, 2.05) is 0 Å². The molecule has 1 aliphatic heterocycles. The lowest BCUT2D eigenvalue weighted by atomic mass is 10.1. The summed E-state index contributed by atoms with van der Waals surface area (Å²) in [6, 6.07) is 3.59. The number of pyridine rings is 1. The van der Waals surface area contributed by atoms with Gasteiger partial charge in [-0.25, -0.2) is 4.98 Å². The molecule has 1 aliphatic rings. The molecule has 1 saturated heterocycles. The van der Waals surface area contributed by atoms with Crippen molar-refractivity contribution in [1.29, 1.82) is 0 Å².